The Morgan fingerprint density at radius 2 is 1.89 bits per heavy atom. The Morgan fingerprint density at radius 1 is 1.11 bits per heavy atom. The number of aromatic nitrogens is 1. The molecule has 0 saturated carbocycles. The van der Waals surface area contributed by atoms with E-state index in [9.17, 15) is 9.59 Å². The van der Waals surface area contributed by atoms with E-state index in [1.54, 1.807) is 6.07 Å². The molecule has 1 aliphatic heterocycles. The standard InChI is InChI=1S/C21H26N4O3/c1-15-3-4-16(2)18(13-15)24-20(26)17-5-6-22-19(14-17)21(27)23-7-8-25-9-11-28-12-10-25/h3-6,13-14H,7-12H2,1-2H3,(H,23,27)(H,24,26). The van der Waals surface area contributed by atoms with E-state index in [0.29, 0.717) is 12.1 Å². The van der Waals surface area contributed by atoms with Crippen LogP contribution in [0, 0.1) is 13.8 Å². The summed E-state index contributed by atoms with van der Waals surface area (Å²) in [5.74, 6) is -0.548. The van der Waals surface area contributed by atoms with Crippen LogP contribution in [0.2, 0.25) is 0 Å². The van der Waals surface area contributed by atoms with Crippen LogP contribution in [0.1, 0.15) is 32.0 Å². The highest BCUT2D eigenvalue weighted by atomic mass is 16.5. The van der Waals surface area contributed by atoms with Crippen molar-refractivity contribution < 1.29 is 14.3 Å². The molecule has 1 saturated heterocycles. The third-order valence-electron chi connectivity index (χ3n) is 4.71. The number of pyridine rings is 1. The van der Waals surface area contributed by atoms with E-state index < -0.39 is 0 Å². The van der Waals surface area contributed by atoms with Crippen LogP contribution in [0.4, 0.5) is 5.69 Å². The number of anilines is 1. The van der Waals surface area contributed by atoms with Gasteiger partial charge in [-0.25, -0.2) is 0 Å². The molecule has 1 aromatic carbocycles. The second-order valence-corrected chi connectivity index (χ2v) is 6.91. The van der Waals surface area contributed by atoms with E-state index in [1.165, 1.54) is 12.3 Å². The number of benzene rings is 1. The summed E-state index contributed by atoms with van der Waals surface area (Å²) in [5.41, 5.74) is 3.44. The van der Waals surface area contributed by atoms with Gasteiger partial charge in [0.05, 0.1) is 13.2 Å². The van der Waals surface area contributed by atoms with Crippen molar-refractivity contribution in [1.82, 2.24) is 15.2 Å². The molecule has 7 heteroatoms. The number of nitrogens with one attached hydrogen (secondary N) is 2. The minimum atomic E-state index is -0.283. The number of carbonyl (C=O) groups is 2. The van der Waals surface area contributed by atoms with Gasteiger partial charge in [0.2, 0.25) is 0 Å². The molecular formula is C21H26N4O3. The molecule has 148 valence electrons. The fourth-order valence-corrected chi connectivity index (χ4v) is 3.00. The molecule has 1 fully saturated rings. The maximum absolute atomic E-state index is 12.6. The molecule has 3 rings (SSSR count). The number of nitrogens with zero attached hydrogens (tertiary/aromatic N) is 2. The van der Waals surface area contributed by atoms with E-state index in [1.807, 2.05) is 32.0 Å². The fraction of sp³-hybridized carbons (Fsp3) is 0.381. The first-order valence-corrected chi connectivity index (χ1v) is 9.46. The van der Waals surface area contributed by atoms with Gasteiger partial charge in [-0.3, -0.25) is 19.5 Å². The Labute approximate surface area is 165 Å². The number of aryl methyl sites for hydroxylation is 2. The zero-order valence-electron chi connectivity index (χ0n) is 16.3. The molecule has 0 radical (unpaired) electrons. The zero-order chi connectivity index (χ0) is 19.9. The van der Waals surface area contributed by atoms with Crippen LogP contribution in [-0.2, 0) is 4.74 Å². The Morgan fingerprint density at radius 3 is 2.68 bits per heavy atom. The van der Waals surface area contributed by atoms with E-state index in [0.717, 1.165) is 49.7 Å². The van der Waals surface area contributed by atoms with Crippen molar-refractivity contribution in [1.29, 1.82) is 0 Å². The third kappa shape index (κ3) is 5.37. The number of rotatable bonds is 6. The molecule has 7 nitrogen and oxygen atoms in total. The normalized spacial score (nSPS) is 14.5. The number of amides is 2. The quantitative estimate of drug-likeness (QED) is 0.799. The van der Waals surface area contributed by atoms with Crippen molar-refractivity contribution >= 4 is 17.5 Å². The van der Waals surface area contributed by atoms with Crippen molar-refractivity contribution in [3.05, 3.63) is 58.9 Å². The number of ether oxygens (including phenoxy) is 1. The molecule has 2 aromatic rings. The van der Waals surface area contributed by atoms with Crippen LogP contribution in [0.25, 0.3) is 0 Å². The second-order valence-electron chi connectivity index (χ2n) is 6.91. The molecule has 1 aliphatic rings. The maximum Gasteiger partial charge on any atom is 0.269 e. The number of hydrogen-bond acceptors (Lipinski definition) is 5. The van der Waals surface area contributed by atoms with Crippen LogP contribution in [-0.4, -0.2) is 61.1 Å². The summed E-state index contributed by atoms with van der Waals surface area (Å²) in [4.78, 5) is 31.3. The second kappa shape index (κ2) is 9.43. The summed E-state index contributed by atoms with van der Waals surface area (Å²) in [6.45, 7) is 8.42. The molecule has 2 N–H and O–H groups in total. The topological polar surface area (TPSA) is 83.6 Å². The largest absolute Gasteiger partial charge is 0.379 e. The summed E-state index contributed by atoms with van der Waals surface area (Å²) in [6.07, 6.45) is 1.48. The summed E-state index contributed by atoms with van der Waals surface area (Å²) >= 11 is 0. The summed E-state index contributed by atoms with van der Waals surface area (Å²) in [5, 5.41) is 5.77. The van der Waals surface area contributed by atoms with Crippen molar-refractivity contribution in [3.63, 3.8) is 0 Å². The molecule has 1 aromatic heterocycles. The van der Waals surface area contributed by atoms with Gasteiger partial charge in [-0.05, 0) is 43.2 Å². The van der Waals surface area contributed by atoms with Crippen LogP contribution < -0.4 is 10.6 Å². The van der Waals surface area contributed by atoms with Crippen LogP contribution in [0.5, 0.6) is 0 Å². The zero-order valence-corrected chi connectivity index (χ0v) is 16.3. The van der Waals surface area contributed by atoms with Gasteiger partial charge in [0.25, 0.3) is 11.8 Å². The van der Waals surface area contributed by atoms with E-state index >= 15 is 0 Å². The third-order valence-corrected chi connectivity index (χ3v) is 4.71. The summed E-state index contributed by atoms with van der Waals surface area (Å²) in [7, 11) is 0. The average Bonchev–Trinajstić information content (AvgIpc) is 2.71. The van der Waals surface area contributed by atoms with Gasteiger partial charge in [0.15, 0.2) is 0 Å². The van der Waals surface area contributed by atoms with E-state index in [-0.39, 0.29) is 17.5 Å². The van der Waals surface area contributed by atoms with Gasteiger partial charge < -0.3 is 15.4 Å². The molecular weight excluding hydrogens is 356 g/mol. The van der Waals surface area contributed by atoms with Crippen molar-refractivity contribution in [2.24, 2.45) is 0 Å². The first-order chi connectivity index (χ1) is 13.5. The van der Waals surface area contributed by atoms with Crippen molar-refractivity contribution in [3.8, 4) is 0 Å². The van der Waals surface area contributed by atoms with Crippen molar-refractivity contribution in [2.45, 2.75) is 13.8 Å². The van der Waals surface area contributed by atoms with Gasteiger partial charge in [-0.15, -0.1) is 0 Å². The number of hydrogen-bond donors (Lipinski definition) is 2. The Hall–Kier alpha value is -2.77. The van der Waals surface area contributed by atoms with Crippen molar-refractivity contribution in [2.75, 3.05) is 44.7 Å². The first-order valence-electron chi connectivity index (χ1n) is 9.46. The smallest absolute Gasteiger partial charge is 0.269 e. The number of morpholine rings is 1. The monoisotopic (exact) mass is 382 g/mol. The molecule has 0 aliphatic carbocycles. The molecule has 2 amide bonds. The fourth-order valence-electron chi connectivity index (χ4n) is 3.00. The SMILES string of the molecule is Cc1ccc(C)c(NC(=O)c2ccnc(C(=O)NCCN3CCOCC3)c2)c1. The van der Waals surface area contributed by atoms with Gasteiger partial charge in [-0.2, -0.15) is 0 Å². The van der Waals surface area contributed by atoms with E-state index in [2.05, 4.69) is 20.5 Å². The molecule has 0 atom stereocenters. The average molecular weight is 382 g/mol. The predicted molar refractivity (Wildman–Crippen MR) is 108 cm³/mol. The van der Waals surface area contributed by atoms with Gasteiger partial charge >= 0.3 is 0 Å². The highest BCUT2D eigenvalue weighted by molar-refractivity contribution is 6.06. The predicted octanol–water partition coefficient (Wildman–Crippen LogP) is 2.01. The van der Waals surface area contributed by atoms with Gasteiger partial charge in [-0.1, -0.05) is 12.1 Å². The first kappa shape index (κ1) is 20.0. The Balaban J connectivity index is 1.58. The molecule has 0 spiro atoms. The lowest BCUT2D eigenvalue weighted by atomic mass is 10.1. The highest BCUT2D eigenvalue weighted by Crippen LogP contribution is 2.17. The van der Waals surface area contributed by atoms with Gasteiger partial charge in [0, 0.05) is 43.6 Å². The minimum Gasteiger partial charge on any atom is -0.379 e. The molecule has 0 unspecified atom stereocenters. The lowest BCUT2D eigenvalue weighted by Gasteiger charge is -2.26. The summed E-state index contributed by atoms with van der Waals surface area (Å²) < 4.78 is 5.31. The van der Waals surface area contributed by atoms with Gasteiger partial charge in [0.1, 0.15) is 5.69 Å². The molecule has 2 heterocycles. The lowest BCUT2D eigenvalue weighted by molar-refractivity contribution is 0.0383. The van der Waals surface area contributed by atoms with Crippen LogP contribution >= 0.6 is 0 Å². The Bertz CT molecular complexity index is 847. The highest BCUT2D eigenvalue weighted by Gasteiger charge is 2.14. The number of carbonyl (C=O) groups excluding carboxylic acids is 2. The lowest BCUT2D eigenvalue weighted by Crippen LogP contribution is -2.41. The maximum atomic E-state index is 12.6. The molecule has 0 bridgehead atoms. The Kier molecular flexibility index (Phi) is 6.73. The minimum absolute atomic E-state index is 0.232. The van der Waals surface area contributed by atoms with Crippen LogP contribution in [0.3, 0.4) is 0 Å². The van der Waals surface area contributed by atoms with Crippen LogP contribution in [0.15, 0.2) is 36.5 Å². The summed E-state index contributed by atoms with van der Waals surface area (Å²) in [6, 6.07) is 9.00. The van der Waals surface area contributed by atoms with E-state index in [4.69, 9.17) is 4.74 Å². The molecule has 28 heavy (non-hydrogen) atoms.